The predicted molar refractivity (Wildman–Crippen MR) is 122 cm³/mol. The fourth-order valence-corrected chi connectivity index (χ4v) is 3.42. The highest BCUT2D eigenvalue weighted by Crippen LogP contribution is 2.17. The van der Waals surface area contributed by atoms with E-state index >= 15 is 0 Å². The largest absolute Gasteiger partial charge is 0.368 e. The van der Waals surface area contributed by atoms with Crippen LogP contribution in [0.3, 0.4) is 0 Å². The minimum atomic E-state index is -0.331. The van der Waals surface area contributed by atoms with E-state index in [0.29, 0.717) is 19.1 Å². The summed E-state index contributed by atoms with van der Waals surface area (Å²) in [5, 5.41) is 9.67. The van der Waals surface area contributed by atoms with Crippen LogP contribution in [-0.2, 0) is 16.1 Å². The Labute approximate surface area is 179 Å². The van der Waals surface area contributed by atoms with E-state index in [0.717, 1.165) is 43.1 Å². The molecule has 1 fully saturated rings. The molecule has 2 aromatic rings. The molecule has 6 heteroatoms. The van der Waals surface area contributed by atoms with Crippen LogP contribution in [0.1, 0.15) is 43.7 Å². The Morgan fingerprint density at radius 2 is 2.00 bits per heavy atom. The minimum absolute atomic E-state index is 0.0712. The van der Waals surface area contributed by atoms with Gasteiger partial charge in [-0.15, -0.1) is 0 Å². The van der Waals surface area contributed by atoms with E-state index < -0.39 is 0 Å². The molecule has 0 bridgehead atoms. The van der Waals surface area contributed by atoms with Gasteiger partial charge in [-0.05, 0) is 48.9 Å². The molecule has 0 spiro atoms. The van der Waals surface area contributed by atoms with Crippen molar-refractivity contribution in [1.29, 1.82) is 0 Å². The van der Waals surface area contributed by atoms with E-state index in [2.05, 4.69) is 54.1 Å². The lowest BCUT2D eigenvalue weighted by molar-refractivity contribution is -0.124. The third-order valence-electron chi connectivity index (χ3n) is 5.12. The molecular formula is C24H32N4O2. The molecule has 30 heavy (non-hydrogen) atoms. The molecule has 1 aliphatic heterocycles. The molecule has 0 saturated carbocycles. The number of hydrogen-bond acceptors (Lipinski definition) is 3. The maximum absolute atomic E-state index is 12.3. The molecule has 6 nitrogen and oxygen atoms in total. The monoisotopic (exact) mass is 408 g/mol. The number of rotatable bonds is 8. The summed E-state index contributed by atoms with van der Waals surface area (Å²) in [5.74, 6) is 1.10. The first-order valence-corrected chi connectivity index (χ1v) is 10.7. The number of anilines is 1. The van der Waals surface area contributed by atoms with Crippen LogP contribution in [0.5, 0.6) is 0 Å². The van der Waals surface area contributed by atoms with Gasteiger partial charge in [-0.2, -0.15) is 0 Å². The predicted octanol–water partition coefficient (Wildman–Crippen LogP) is 3.66. The van der Waals surface area contributed by atoms with Crippen LogP contribution in [0.15, 0.2) is 59.6 Å². The maximum Gasteiger partial charge on any atom is 0.253 e. The van der Waals surface area contributed by atoms with E-state index in [4.69, 9.17) is 9.73 Å². The third kappa shape index (κ3) is 6.59. The van der Waals surface area contributed by atoms with E-state index in [1.807, 2.05) is 30.3 Å². The smallest absolute Gasteiger partial charge is 0.253 e. The number of hydrogen-bond donors (Lipinski definition) is 3. The number of nitrogens with one attached hydrogen (secondary N) is 3. The SMILES string of the molecule is CCNC(=NCc1cccc(NC(=O)C2CCCO2)c1)NCC(C)c1ccccc1. The molecule has 3 N–H and O–H groups in total. The summed E-state index contributed by atoms with van der Waals surface area (Å²) in [7, 11) is 0. The van der Waals surface area contributed by atoms with Gasteiger partial charge in [-0.25, -0.2) is 4.99 Å². The van der Waals surface area contributed by atoms with Gasteiger partial charge >= 0.3 is 0 Å². The standard InChI is InChI=1S/C24H32N4O2/c1-3-25-24(26-16-18(2)20-10-5-4-6-11-20)27-17-19-9-7-12-21(15-19)28-23(29)22-13-8-14-30-22/h4-7,9-12,15,18,22H,3,8,13-14,16-17H2,1-2H3,(H,28,29)(H2,25,26,27). The van der Waals surface area contributed by atoms with Crippen LogP contribution < -0.4 is 16.0 Å². The van der Waals surface area contributed by atoms with Crippen molar-refractivity contribution in [3.8, 4) is 0 Å². The lowest BCUT2D eigenvalue weighted by Crippen LogP contribution is -2.39. The zero-order valence-electron chi connectivity index (χ0n) is 17.9. The second-order valence-corrected chi connectivity index (χ2v) is 7.58. The number of ether oxygens (including phenoxy) is 1. The second kappa shape index (κ2) is 11.4. The van der Waals surface area contributed by atoms with E-state index in [1.165, 1.54) is 5.56 Å². The molecule has 2 aromatic carbocycles. The van der Waals surface area contributed by atoms with Crippen molar-refractivity contribution in [3.63, 3.8) is 0 Å². The fraction of sp³-hybridized carbons (Fsp3) is 0.417. The van der Waals surface area contributed by atoms with Gasteiger partial charge < -0.3 is 20.7 Å². The lowest BCUT2D eigenvalue weighted by Gasteiger charge is -2.16. The molecule has 0 aromatic heterocycles. The van der Waals surface area contributed by atoms with Gasteiger partial charge in [0.25, 0.3) is 5.91 Å². The summed E-state index contributed by atoms with van der Waals surface area (Å²) < 4.78 is 5.45. The fourth-order valence-electron chi connectivity index (χ4n) is 3.42. The Morgan fingerprint density at radius 1 is 1.17 bits per heavy atom. The summed E-state index contributed by atoms with van der Waals surface area (Å²) in [6.07, 6.45) is 1.40. The molecule has 1 saturated heterocycles. The van der Waals surface area contributed by atoms with E-state index in [-0.39, 0.29) is 12.0 Å². The molecular weight excluding hydrogens is 376 g/mol. The summed E-state index contributed by atoms with van der Waals surface area (Å²) >= 11 is 0. The second-order valence-electron chi connectivity index (χ2n) is 7.58. The summed E-state index contributed by atoms with van der Waals surface area (Å²) in [5.41, 5.74) is 3.11. The molecule has 3 rings (SSSR count). The maximum atomic E-state index is 12.3. The summed E-state index contributed by atoms with van der Waals surface area (Å²) in [6.45, 7) is 7.04. The van der Waals surface area contributed by atoms with Gasteiger partial charge in [0, 0.05) is 25.4 Å². The zero-order valence-corrected chi connectivity index (χ0v) is 17.9. The van der Waals surface area contributed by atoms with Crippen molar-refractivity contribution < 1.29 is 9.53 Å². The first kappa shape index (κ1) is 21.8. The number of carbonyl (C=O) groups excluding carboxylic acids is 1. The van der Waals surface area contributed by atoms with Crippen LogP contribution in [0.25, 0.3) is 0 Å². The lowest BCUT2D eigenvalue weighted by atomic mass is 10.0. The number of nitrogens with zero attached hydrogens (tertiary/aromatic N) is 1. The normalized spacial score (nSPS) is 17.4. The van der Waals surface area contributed by atoms with Crippen LogP contribution >= 0.6 is 0 Å². The quantitative estimate of drug-likeness (QED) is 0.460. The van der Waals surface area contributed by atoms with Crippen LogP contribution in [0.4, 0.5) is 5.69 Å². The first-order chi connectivity index (χ1) is 14.7. The number of amides is 1. The Bertz CT molecular complexity index is 832. The van der Waals surface area contributed by atoms with Crippen LogP contribution in [0, 0.1) is 0 Å². The Morgan fingerprint density at radius 3 is 2.73 bits per heavy atom. The summed E-state index contributed by atoms with van der Waals surface area (Å²) in [4.78, 5) is 17.0. The minimum Gasteiger partial charge on any atom is -0.368 e. The Balaban J connectivity index is 1.56. The Kier molecular flexibility index (Phi) is 8.27. The van der Waals surface area contributed by atoms with Gasteiger partial charge in [0.15, 0.2) is 5.96 Å². The summed E-state index contributed by atoms with van der Waals surface area (Å²) in [6, 6.07) is 18.3. The molecule has 1 heterocycles. The number of aliphatic imine (C=N–C) groups is 1. The van der Waals surface area contributed by atoms with Crippen molar-refractivity contribution in [2.45, 2.75) is 45.3 Å². The molecule has 2 unspecified atom stereocenters. The van der Waals surface area contributed by atoms with E-state index in [1.54, 1.807) is 0 Å². The molecule has 0 radical (unpaired) electrons. The van der Waals surface area contributed by atoms with Gasteiger partial charge in [-0.3, -0.25) is 4.79 Å². The topological polar surface area (TPSA) is 74.8 Å². The highest BCUT2D eigenvalue weighted by molar-refractivity contribution is 5.94. The van der Waals surface area contributed by atoms with Gasteiger partial charge in [0.1, 0.15) is 6.10 Å². The van der Waals surface area contributed by atoms with Gasteiger partial charge in [-0.1, -0.05) is 49.4 Å². The molecule has 1 aliphatic rings. The Hall–Kier alpha value is -2.86. The molecule has 1 amide bonds. The van der Waals surface area contributed by atoms with Crippen molar-refractivity contribution >= 4 is 17.6 Å². The van der Waals surface area contributed by atoms with Crippen LogP contribution in [-0.4, -0.2) is 37.7 Å². The van der Waals surface area contributed by atoms with Crippen molar-refractivity contribution in [2.24, 2.45) is 4.99 Å². The zero-order chi connectivity index (χ0) is 21.2. The third-order valence-corrected chi connectivity index (χ3v) is 5.12. The average molecular weight is 409 g/mol. The van der Waals surface area contributed by atoms with Gasteiger partial charge in [0.05, 0.1) is 6.54 Å². The molecule has 0 aliphatic carbocycles. The van der Waals surface area contributed by atoms with Crippen molar-refractivity contribution in [2.75, 3.05) is 25.0 Å². The van der Waals surface area contributed by atoms with Crippen molar-refractivity contribution in [3.05, 3.63) is 65.7 Å². The highest BCUT2D eigenvalue weighted by Gasteiger charge is 2.23. The first-order valence-electron chi connectivity index (χ1n) is 10.7. The number of benzene rings is 2. The highest BCUT2D eigenvalue weighted by atomic mass is 16.5. The van der Waals surface area contributed by atoms with Gasteiger partial charge in [0.2, 0.25) is 0 Å². The molecule has 2 atom stereocenters. The number of guanidine groups is 1. The van der Waals surface area contributed by atoms with E-state index in [9.17, 15) is 4.79 Å². The van der Waals surface area contributed by atoms with Crippen LogP contribution in [0.2, 0.25) is 0 Å². The number of carbonyl (C=O) groups is 1. The average Bonchev–Trinajstić information content (AvgIpc) is 3.31. The van der Waals surface area contributed by atoms with Crippen molar-refractivity contribution in [1.82, 2.24) is 10.6 Å². The molecule has 160 valence electrons.